The average Bonchev–Trinajstić information content (AvgIpc) is 2.07. The number of carbonyl (C=O) groups excluding carboxylic acids is 2. The van der Waals surface area contributed by atoms with Gasteiger partial charge in [0.25, 0.3) is 0 Å². The lowest BCUT2D eigenvalue weighted by atomic mass is 10.4. The lowest BCUT2D eigenvalue weighted by Crippen LogP contribution is -2.25. The molecule has 0 aromatic carbocycles. The smallest absolute Gasteiger partial charge is 0.384 e. The Morgan fingerprint density at radius 1 is 1.31 bits per heavy atom. The Hall–Kier alpha value is -0.560. The van der Waals surface area contributed by atoms with Crippen LogP contribution in [0.3, 0.4) is 0 Å². The first kappa shape index (κ1) is 15.4. The van der Waals surface area contributed by atoms with E-state index in [1.54, 1.807) is 0 Å². The number of hydrogen-bond acceptors (Lipinski definition) is 6. The van der Waals surface area contributed by atoms with Crippen LogP contribution >= 0.6 is 18.2 Å². The molecule has 94 valence electrons. The molecule has 0 fully saturated rings. The summed E-state index contributed by atoms with van der Waals surface area (Å²) in [5.41, 5.74) is 0. The molecule has 2 N–H and O–H groups in total. The van der Waals surface area contributed by atoms with Gasteiger partial charge in [0.05, 0.1) is 0 Å². The zero-order chi connectivity index (χ0) is 12.8. The van der Waals surface area contributed by atoms with Gasteiger partial charge < -0.3 is 19.3 Å². The Kier molecular flexibility index (Phi) is 6.66. The van der Waals surface area contributed by atoms with Crippen LogP contribution in [0.2, 0.25) is 0 Å². The van der Waals surface area contributed by atoms with E-state index in [2.05, 4.69) is 4.74 Å². The molecule has 0 aromatic rings. The molecule has 7 nitrogen and oxygen atoms in total. The van der Waals surface area contributed by atoms with Crippen LogP contribution in [0.1, 0.15) is 13.8 Å². The monoisotopic (exact) mass is 272 g/mol. The third-order valence-electron chi connectivity index (χ3n) is 1.23. The van der Waals surface area contributed by atoms with Crippen molar-refractivity contribution in [1.82, 2.24) is 0 Å². The topological polar surface area (TPSA) is 110 Å². The lowest BCUT2D eigenvalue weighted by molar-refractivity contribution is -0.154. The van der Waals surface area contributed by atoms with Gasteiger partial charge in [0.2, 0.25) is 0 Å². The summed E-state index contributed by atoms with van der Waals surface area (Å²) in [6, 6.07) is 0. The van der Waals surface area contributed by atoms with Crippen LogP contribution in [0.5, 0.6) is 0 Å². The first-order valence-corrected chi connectivity index (χ1v) is 7.41. The molecule has 0 unspecified atom stereocenters. The summed E-state index contributed by atoms with van der Waals surface area (Å²) < 4.78 is 19.9. The highest BCUT2D eigenvalue weighted by molar-refractivity contribution is 8.54. The van der Waals surface area contributed by atoms with Crippen molar-refractivity contribution in [3.05, 3.63) is 0 Å². The fourth-order valence-corrected chi connectivity index (χ4v) is 2.35. The number of ether oxygens (including phenoxy) is 2. The molecular weight excluding hydrogens is 259 g/mol. The zero-order valence-electron chi connectivity index (χ0n) is 8.78. The molecule has 1 atom stereocenters. The third kappa shape index (κ3) is 9.97. The summed E-state index contributed by atoms with van der Waals surface area (Å²) in [6.07, 6.45) is -0.862. The SMILES string of the molecule is CC(=O)OC[C@@H](CSP(=O)(O)O)OC(C)=O. The first-order chi connectivity index (χ1) is 7.20. The summed E-state index contributed by atoms with van der Waals surface area (Å²) in [7, 11) is 0. The average molecular weight is 272 g/mol. The highest BCUT2D eigenvalue weighted by Crippen LogP contribution is 2.50. The standard InChI is InChI=1S/C7H13O7PS/c1-5(8)13-3-7(14-6(2)9)4-16-15(10,11)12/h7H,3-4H2,1-2H3,(H2,10,11,12)/t7-/m0/s1. The van der Waals surface area contributed by atoms with Gasteiger partial charge in [-0.25, -0.2) is 4.57 Å². The van der Waals surface area contributed by atoms with Crippen LogP contribution in [0, 0.1) is 0 Å². The quantitative estimate of drug-likeness (QED) is 0.525. The molecule has 0 aliphatic rings. The van der Waals surface area contributed by atoms with E-state index in [4.69, 9.17) is 14.5 Å². The molecule has 0 spiro atoms. The summed E-state index contributed by atoms with van der Waals surface area (Å²) in [5.74, 6) is -1.31. The van der Waals surface area contributed by atoms with Crippen molar-refractivity contribution in [2.75, 3.05) is 12.4 Å². The van der Waals surface area contributed by atoms with E-state index in [1.165, 1.54) is 6.92 Å². The van der Waals surface area contributed by atoms with Crippen molar-refractivity contribution >= 4 is 30.1 Å². The van der Waals surface area contributed by atoms with E-state index >= 15 is 0 Å². The van der Waals surface area contributed by atoms with Crippen LogP contribution in [-0.2, 0) is 23.6 Å². The van der Waals surface area contributed by atoms with E-state index in [0.29, 0.717) is 11.4 Å². The van der Waals surface area contributed by atoms with Crippen molar-refractivity contribution in [2.24, 2.45) is 0 Å². The Bertz CT molecular complexity index is 299. The fourth-order valence-electron chi connectivity index (χ4n) is 0.741. The minimum absolute atomic E-state index is 0.142. The first-order valence-electron chi connectivity index (χ1n) is 4.21. The Labute approximate surface area is 96.4 Å². The molecule has 0 bridgehead atoms. The summed E-state index contributed by atoms with van der Waals surface area (Å²) >= 11 is 0.333. The summed E-state index contributed by atoms with van der Waals surface area (Å²) in [5, 5.41) is 0. The maximum atomic E-state index is 10.7. The van der Waals surface area contributed by atoms with Gasteiger partial charge in [-0.1, -0.05) is 0 Å². The van der Waals surface area contributed by atoms with Crippen molar-refractivity contribution in [2.45, 2.75) is 20.0 Å². The van der Waals surface area contributed by atoms with Crippen LogP contribution < -0.4 is 0 Å². The van der Waals surface area contributed by atoms with Gasteiger partial charge in [-0.05, 0) is 11.4 Å². The number of esters is 2. The minimum Gasteiger partial charge on any atom is -0.462 e. The van der Waals surface area contributed by atoms with E-state index in [-0.39, 0.29) is 12.4 Å². The predicted molar refractivity (Wildman–Crippen MR) is 56.7 cm³/mol. The fraction of sp³-hybridized carbons (Fsp3) is 0.714. The van der Waals surface area contributed by atoms with Gasteiger partial charge in [0.15, 0.2) is 0 Å². The van der Waals surface area contributed by atoms with Gasteiger partial charge in [-0.2, -0.15) is 0 Å². The molecular formula is C7H13O7PS. The molecule has 0 saturated heterocycles. The summed E-state index contributed by atoms with van der Waals surface area (Å²) in [6.45, 7) is -2.11. The maximum absolute atomic E-state index is 10.7. The molecule has 16 heavy (non-hydrogen) atoms. The second kappa shape index (κ2) is 6.90. The van der Waals surface area contributed by atoms with E-state index in [1.807, 2.05) is 0 Å². The second-order valence-corrected chi connectivity index (χ2v) is 6.59. The molecule has 0 saturated carbocycles. The molecule has 0 aliphatic heterocycles. The molecule has 0 rings (SSSR count). The van der Waals surface area contributed by atoms with Gasteiger partial charge in [-0.15, -0.1) is 0 Å². The molecule has 0 aliphatic carbocycles. The van der Waals surface area contributed by atoms with Crippen LogP contribution in [0.15, 0.2) is 0 Å². The van der Waals surface area contributed by atoms with Gasteiger partial charge in [-0.3, -0.25) is 9.59 Å². The molecule has 0 aromatic heterocycles. The van der Waals surface area contributed by atoms with Crippen molar-refractivity contribution in [3.63, 3.8) is 0 Å². The minimum atomic E-state index is -4.23. The van der Waals surface area contributed by atoms with Crippen molar-refractivity contribution in [3.8, 4) is 0 Å². The number of rotatable bonds is 6. The maximum Gasteiger partial charge on any atom is 0.384 e. The van der Waals surface area contributed by atoms with E-state index < -0.39 is 24.8 Å². The molecule has 0 heterocycles. The number of carbonyl (C=O) groups is 2. The predicted octanol–water partition coefficient (Wildman–Crippen LogP) is 0.307. The highest BCUT2D eigenvalue weighted by Gasteiger charge is 2.21. The van der Waals surface area contributed by atoms with Crippen LogP contribution in [0.25, 0.3) is 0 Å². The van der Waals surface area contributed by atoms with E-state index in [9.17, 15) is 14.2 Å². The third-order valence-corrected chi connectivity index (χ3v) is 3.55. The van der Waals surface area contributed by atoms with Gasteiger partial charge in [0, 0.05) is 19.6 Å². The van der Waals surface area contributed by atoms with Crippen molar-refractivity contribution < 1.29 is 33.4 Å². The Morgan fingerprint density at radius 2 is 1.88 bits per heavy atom. The zero-order valence-corrected chi connectivity index (χ0v) is 10.5. The Balaban J connectivity index is 4.15. The molecule has 0 radical (unpaired) electrons. The van der Waals surface area contributed by atoms with Crippen molar-refractivity contribution in [1.29, 1.82) is 0 Å². The van der Waals surface area contributed by atoms with Crippen LogP contribution in [0.4, 0.5) is 0 Å². The molecule has 0 amide bonds. The number of hydrogen-bond donors (Lipinski definition) is 2. The second-order valence-electron chi connectivity index (χ2n) is 2.82. The largest absolute Gasteiger partial charge is 0.462 e. The summed E-state index contributed by atoms with van der Waals surface area (Å²) in [4.78, 5) is 38.4. The Morgan fingerprint density at radius 3 is 2.25 bits per heavy atom. The van der Waals surface area contributed by atoms with Gasteiger partial charge in [0.1, 0.15) is 12.7 Å². The normalized spacial score (nSPS) is 13.0. The molecule has 9 heteroatoms. The van der Waals surface area contributed by atoms with Gasteiger partial charge >= 0.3 is 18.7 Å². The van der Waals surface area contributed by atoms with Crippen LogP contribution in [-0.4, -0.2) is 40.2 Å². The lowest BCUT2D eigenvalue weighted by Gasteiger charge is -2.16. The van der Waals surface area contributed by atoms with E-state index in [0.717, 1.165) is 6.92 Å². The highest BCUT2D eigenvalue weighted by atomic mass is 32.7.